The van der Waals surface area contributed by atoms with Gasteiger partial charge in [-0.25, -0.2) is 8.42 Å². The van der Waals surface area contributed by atoms with Crippen LogP contribution in [-0.2, 0) is 23.0 Å². The second kappa shape index (κ2) is 5.91. The molecule has 21 heavy (non-hydrogen) atoms. The van der Waals surface area contributed by atoms with Crippen LogP contribution in [0, 0.1) is 13.8 Å². The molecule has 0 aliphatic carbocycles. The lowest BCUT2D eigenvalue weighted by Crippen LogP contribution is -2.16. The molecule has 3 N–H and O–H groups in total. The summed E-state index contributed by atoms with van der Waals surface area (Å²) in [6.45, 7) is 5.50. The Labute approximate surface area is 125 Å². The van der Waals surface area contributed by atoms with Crippen molar-refractivity contribution in [1.29, 1.82) is 0 Å². The zero-order valence-electron chi connectivity index (χ0n) is 12.4. The molecular formula is C15H20N2O3S. The monoisotopic (exact) mass is 308 g/mol. The maximum Gasteiger partial charge on any atom is 0.265 e. The lowest BCUT2D eigenvalue weighted by Gasteiger charge is -2.09. The number of sulfonamides is 1. The molecule has 0 atom stereocenters. The zero-order chi connectivity index (χ0) is 15.6. The normalized spacial score (nSPS) is 11.6. The highest BCUT2D eigenvalue weighted by atomic mass is 32.2. The van der Waals surface area contributed by atoms with Crippen LogP contribution < -0.4 is 10.5 Å². The number of nitrogens with one attached hydrogen (secondary N) is 1. The van der Waals surface area contributed by atoms with Gasteiger partial charge in [-0.2, -0.15) is 0 Å². The maximum absolute atomic E-state index is 12.5. The Morgan fingerprint density at radius 2 is 1.76 bits per heavy atom. The minimum absolute atomic E-state index is 0.119. The summed E-state index contributed by atoms with van der Waals surface area (Å²) in [5.41, 5.74) is 7.83. The highest BCUT2D eigenvalue weighted by molar-refractivity contribution is 7.92. The Kier molecular flexibility index (Phi) is 4.39. The van der Waals surface area contributed by atoms with E-state index in [1.807, 2.05) is 19.1 Å². The molecule has 2 aromatic rings. The van der Waals surface area contributed by atoms with E-state index in [-0.39, 0.29) is 11.4 Å². The first-order valence-corrected chi connectivity index (χ1v) is 8.28. The van der Waals surface area contributed by atoms with E-state index in [0.29, 0.717) is 22.8 Å². The lowest BCUT2D eigenvalue weighted by atomic mass is 10.2. The van der Waals surface area contributed by atoms with E-state index in [2.05, 4.69) is 4.72 Å². The molecule has 0 aliphatic heterocycles. The number of nitrogens with two attached hydrogens (primary N) is 1. The van der Waals surface area contributed by atoms with Crippen LogP contribution in [-0.4, -0.2) is 8.42 Å². The minimum atomic E-state index is -3.71. The minimum Gasteiger partial charge on any atom is -0.465 e. The van der Waals surface area contributed by atoms with Gasteiger partial charge >= 0.3 is 0 Å². The third-order valence-corrected chi connectivity index (χ3v) is 4.99. The van der Waals surface area contributed by atoms with E-state index in [0.717, 1.165) is 12.0 Å². The van der Waals surface area contributed by atoms with E-state index in [1.165, 1.54) is 0 Å². The lowest BCUT2D eigenvalue weighted by molar-refractivity contribution is 0.494. The molecule has 0 saturated heterocycles. The molecule has 2 rings (SSSR count). The molecule has 0 spiro atoms. The van der Waals surface area contributed by atoms with Gasteiger partial charge in [0.1, 0.15) is 16.4 Å². The molecule has 0 amide bonds. The Balaban J connectivity index is 2.38. The van der Waals surface area contributed by atoms with Gasteiger partial charge in [-0.1, -0.05) is 19.1 Å². The van der Waals surface area contributed by atoms with Gasteiger partial charge in [0.15, 0.2) is 0 Å². The summed E-state index contributed by atoms with van der Waals surface area (Å²) in [7, 11) is -3.71. The first-order valence-electron chi connectivity index (χ1n) is 6.79. The van der Waals surface area contributed by atoms with Crippen LogP contribution in [0.2, 0.25) is 0 Å². The number of anilines is 1. The summed E-state index contributed by atoms with van der Waals surface area (Å²) < 4.78 is 33.1. The van der Waals surface area contributed by atoms with Crippen LogP contribution in [0.3, 0.4) is 0 Å². The Morgan fingerprint density at radius 1 is 1.14 bits per heavy atom. The summed E-state index contributed by atoms with van der Waals surface area (Å²) in [5.74, 6) is 0.891. The van der Waals surface area contributed by atoms with Crippen molar-refractivity contribution in [3.8, 4) is 0 Å². The molecule has 0 radical (unpaired) electrons. The molecule has 1 heterocycles. The highest BCUT2D eigenvalue weighted by Crippen LogP contribution is 2.28. The van der Waals surface area contributed by atoms with Gasteiger partial charge in [-0.05, 0) is 38.0 Å². The fourth-order valence-corrected chi connectivity index (χ4v) is 3.83. The van der Waals surface area contributed by atoms with Gasteiger partial charge in [0.2, 0.25) is 0 Å². The second-order valence-corrected chi connectivity index (χ2v) is 6.50. The fraction of sp³-hybridized carbons (Fsp3) is 0.333. The zero-order valence-corrected chi connectivity index (χ0v) is 13.3. The number of hydrogen-bond donors (Lipinski definition) is 2. The standard InChI is InChI=1S/C15H20N2O3S/c1-4-12-5-7-13(8-6-12)17-21(18,19)15-11(3)20-10(2)14(15)9-16/h5-8,17H,4,9,16H2,1-3H3. The predicted octanol–water partition coefficient (Wildman–Crippen LogP) is 2.72. The molecule has 0 saturated carbocycles. The number of rotatable bonds is 5. The van der Waals surface area contributed by atoms with E-state index < -0.39 is 10.0 Å². The van der Waals surface area contributed by atoms with Crippen LogP contribution in [0.4, 0.5) is 5.69 Å². The van der Waals surface area contributed by atoms with E-state index in [9.17, 15) is 8.42 Å². The number of hydrogen-bond acceptors (Lipinski definition) is 4. The molecule has 0 bridgehead atoms. The molecule has 1 aromatic heterocycles. The molecule has 1 aromatic carbocycles. The van der Waals surface area contributed by atoms with E-state index in [4.69, 9.17) is 10.2 Å². The average molecular weight is 308 g/mol. The molecule has 6 heteroatoms. The highest BCUT2D eigenvalue weighted by Gasteiger charge is 2.26. The van der Waals surface area contributed by atoms with E-state index in [1.54, 1.807) is 26.0 Å². The quantitative estimate of drug-likeness (QED) is 0.889. The molecule has 0 aliphatic rings. The SMILES string of the molecule is CCc1ccc(NS(=O)(=O)c2c(C)oc(C)c2CN)cc1. The van der Waals surface area contributed by atoms with E-state index >= 15 is 0 Å². The maximum atomic E-state index is 12.5. The van der Waals surface area contributed by atoms with Crippen LogP contribution in [0.15, 0.2) is 33.6 Å². The van der Waals surface area contributed by atoms with Crippen LogP contribution in [0.5, 0.6) is 0 Å². The summed E-state index contributed by atoms with van der Waals surface area (Å²) in [4.78, 5) is 0.141. The molecular weight excluding hydrogens is 288 g/mol. The van der Waals surface area contributed by atoms with Crippen molar-refractivity contribution < 1.29 is 12.8 Å². The van der Waals surface area contributed by atoms with Gasteiger partial charge in [0.25, 0.3) is 10.0 Å². The first kappa shape index (κ1) is 15.6. The second-order valence-electron chi connectivity index (χ2n) is 4.88. The van der Waals surface area contributed by atoms with Crippen molar-refractivity contribution in [2.24, 2.45) is 5.73 Å². The van der Waals surface area contributed by atoms with Crippen LogP contribution >= 0.6 is 0 Å². The number of benzene rings is 1. The Hall–Kier alpha value is -1.79. The summed E-state index contributed by atoms with van der Waals surface area (Å²) in [6, 6.07) is 7.30. The van der Waals surface area contributed by atoms with Gasteiger partial charge in [-0.3, -0.25) is 4.72 Å². The third-order valence-electron chi connectivity index (χ3n) is 3.41. The molecule has 0 fully saturated rings. The Morgan fingerprint density at radius 3 is 2.29 bits per heavy atom. The summed E-state index contributed by atoms with van der Waals surface area (Å²) >= 11 is 0. The van der Waals surface area contributed by atoms with Gasteiger partial charge in [-0.15, -0.1) is 0 Å². The average Bonchev–Trinajstić information content (AvgIpc) is 2.73. The van der Waals surface area contributed by atoms with Crippen LogP contribution in [0.1, 0.15) is 29.6 Å². The molecule has 0 unspecified atom stereocenters. The van der Waals surface area contributed by atoms with Crippen molar-refractivity contribution in [1.82, 2.24) is 0 Å². The van der Waals surface area contributed by atoms with Crippen molar-refractivity contribution in [3.63, 3.8) is 0 Å². The third kappa shape index (κ3) is 3.11. The fourth-order valence-electron chi connectivity index (χ4n) is 2.31. The Bertz CT molecular complexity index is 731. The first-order chi connectivity index (χ1) is 9.89. The van der Waals surface area contributed by atoms with Crippen molar-refractivity contribution in [3.05, 3.63) is 46.9 Å². The summed E-state index contributed by atoms with van der Waals surface area (Å²) in [5, 5.41) is 0. The topological polar surface area (TPSA) is 85.3 Å². The largest absolute Gasteiger partial charge is 0.465 e. The summed E-state index contributed by atoms with van der Waals surface area (Å²) in [6.07, 6.45) is 0.907. The smallest absolute Gasteiger partial charge is 0.265 e. The predicted molar refractivity (Wildman–Crippen MR) is 82.7 cm³/mol. The van der Waals surface area contributed by atoms with Crippen molar-refractivity contribution in [2.75, 3.05) is 4.72 Å². The molecule has 114 valence electrons. The van der Waals surface area contributed by atoms with Crippen LogP contribution in [0.25, 0.3) is 0 Å². The van der Waals surface area contributed by atoms with Crippen molar-refractivity contribution in [2.45, 2.75) is 38.6 Å². The number of aryl methyl sites for hydroxylation is 3. The van der Waals surface area contributed by atoms with Crippen molar-refractivity contribution >= 4 is 15.7 Å². The van der Waals surface area contributed by atoms with Gasteiger partial charge in [0, 0.05) is 17.8 Å². The van der Waals surface area contributed by atoms with Gasteiger partial charge < -0.3 is 10.2 Å². The number of furan rings is 1. The van der Waals surface area contributed by atoms with Gasteiger partial charge in [0.05, 0.1) is 0 Å². The molecule has 5 nitrogen and oxygen atoms in total.